The average molecular weight is 232 g/mol. The number of hydrogen-bond donors (Lipinski definition) is 2. The lowest BCUT2D eigenvalue weighted by atomic mass is 10.1. The average Bonchev–Trinajstić information content (AvgIpc) is 2.23. The van der Waals surface area contributed by atoms with Crippen molar-refractivity contribution in [2.75, 3.05) is 13.7 Å². The van der Waals surface area contributed by atoms with E-state index < -0.39 is 0 Å². The van der Waals surface area contributed by atoms with Crippen LogP contribution in [0.4, 0.5) is 4.39 Å². The molecule has 0 spiro atoms. The molecule has 1 rings (SSSR count). The van der Waals surface area contributed by atoms with Gasteiger partial charge in [-0.1, -0.05) is 17.7 Å². The van der Waals surface area contributed by atoms with Crippen LogP contribution in [0.5, 0.6) is 0 Å². The monoisotopic (exact) mass is 231 g/mol. The molecule has 4 heteroatoms. The van der Waals surface area contributed by atoms with Gasteiger partial charge < -0.3 is 10.4 Å². The molecule has 84 valence electrons. The van der Waals surface area contributed by atoms with E-state index in [4.69, 9.17) is 16.7 Å². The molecule has 0 aliphatic heterocycles. The molecule has 0 aliphatic carbocycles. The number of aliphatic hydroxyl groups is 1. The van der Waals surface area contributed by atoms with Crippen molar-refractivity contribution in [2.24, 2.45) is 0 Å². The second-order valence-electron chi connectivity index (χ2n) is 3.41. The van der Waals surface area contributed by atoms with E-state index in [-0.39, 0.29) is 18.5 Å². The molecule has 15 heavy (non-hydrogen) atoms. The summed E-state index contributed by atoms with van der Waals surface area (Å²) in [6.07, 6.45) is 1.19. The van der Waals surface area contributed by atoms with Gasteiger partial charge in [0.15, 0.2) is 0 Å². The normalized spacial score (nSPS) is 12.8. The zero-order valence-corrected chi connectivity index (χ0v) is 9.39. The Morgan fingerprint density at radius 2 is 2.27 bits per heavy atom. The minimum absolute atomic E-state index is 0.0133. The number of aliphatic hydroxyl groups excluding tert-OH is 1. The lowest BCUT2D eigenvalue weighted by Gasteiger charge is -2.13. The number of rotatable bonds is 5. The van der Waals surface area contributed by atoms with Crippen LogP contribution in [0.3, 0.4) is 0 Å². The van der Waals surface area contributed by atoms with E-state index in [0.29, 0.717) is 23.4 Å². The molecule has 0 amide bonds. The third kappa shape index (κ3) is 3.45. The van der Waals surface area contributed by atoms with Gasteiger partial charge >= 0.3 is 0 Å². The second kappa shape index (κ2) is 6.05. The maximum atomic E-state index is 13.3. The minimum atomic E-state index is -0.282. The first-order valence-electron chi connectivity index (χ1n) is 4.90. The number of nitrogens with one attached hydrogen (secondary N) is 1. The highest BCUT2D eigenvalue weighted by Gasteiger charge is 2.10. The van der Waals surface area contributed by atoms with Crippen molar-refractivity contribution >= 4 is 11.6 Å². The minimum Gasteiger partial charge on any atom is -0.395 e. The molecule has 0 fully saturated rings. The summed E-state index contributed by atoms with van der Waals surface area (Å²) in [7, 11) is 1.77. The molecule has 0 heterocycles. The second-order valence-corrected chi connectivity index (χ2v) is 3.81. The Labute approximate surface area is 94.1 Å². The highest BCUT2D eigenvalue weighted by atomic mass is 35.5. The zero-order chi connectivity index (χ0) is 11.3. The van der Waals surface area contributed by atoms with Gasteiger partial charge in [0, 0.05) is 16.6 Å². The van der Waals surface area contributed by atoms with Crippen molar-refractivity contribution in [3.63, 3.8) is 0 Å². The van der Waals surface area contributed by atoms with E-state index in [1.165, 1.54) is 6.07 Å². The molecule has 1 atom stereocenters. The van der Waals surface area contributed by atoms with Gasteiger partial charge in [-0.3, -0.25) is 0 Å². The van der Waals surface area contributed by atoms with Crippen LogP contribution in [0, 0.1) is 5.82 Å². The maximum Gasteiger partial charge on any atom is 0.127 e. The van der Waals surface area contributed by atoms with Crippen LogP contribution in [0.1, 0.15) is 12.0 Å². The Bertz CT molecular complexity index is 295. The predicted octanol–water partition coefficient (Wildman–Crippen LogP) is 1.99. The molecule has 1 aromatic carbocycles. The standard InChI is InChI=1S/C11H15ClFNO/c1-14-8(7-15)5-6-9-10(12)3-2-4-11(9)13/h2-4,8,14-15H,5-7H2,1H3. The number of halogens is 2. The van der Waals surface area contributed by atoms with E-state index in [0.717, 1.165) is 0 Å². The van der Waals surface area contributed by atoms with E-state index in [1.54, 1.807) is 19.2 Å². The summed E-state index contributed by atoms with van der Waals surface area (Å²) in [5.41, 5.74) is 0.521. The first-order valence-corrected chi connectivity index (χ1v) is 5.27. The predicted molar refractivity (Wildman–Crippen MR) is 59.7 cm³/mol. The van der Waals surface area contributed by atoms with Gasteiger partial charge in [-0.25, -0.2) is 4.39 Å². The SMILES string of the molecule is CNC(CO)CCc1c(F)cccc1Cl. The van der Waals surface area contributed by atoms with Gasteiger partial charge in [-0.05, 0) is 32.0 Å². The maximum absolute atomic E-state index is 13.3. The molecular formula is C11H15ClFNO. The first kappa shape index (κ1) is 12.4. The fraction of sp³-hybridized carbons (Fsp3) is 0.455. The fourth-order valence-corrected chi connectivity index (χ4v) is 1.67. The largest absolute Gasteiger partial charge is 0.395 e. The molecule has 0 radical (unpaired) electrons. The van der Waals surface area contributed by atoms with Crippen LogP contribution in [0.2, 0.25) is 5.02 Å². The third-order valence-corrected chi connectivity index (χ3v) is 2.79. The third-order valence-electron chi connectivity index (χ3n) is 2.43. The highest BCUT2D eigenvalue weighted by molar-refractivity contribution is 6.31. The summed E-state index contributed by atoms with van der Waals surface area (Å²) in [5, 5.41) is 12.3. The van der Waals surface area contributed by atoms with Crippen molar-refractivity contribution in [2.45, 2.75) is 18.9 Å². The topological polar surface area (TPSA) is 32.3 Å². The van der Waals surface area contributed by atoms with E-state index in [9.17, 15) is 4.39 Å². The molecule has 0 saturated carbocycles. The van der Waals surface area contributed by atoms with Crippen LogP contribution < -0.4 is 5.32 Å². The molecule has 2 nitrogen and oxygen atoms in total. The van der Waals surface area contributed by atoms with Gasteiger partial charge in [0.2, 0.25) is 0 Å². The summed E-state index contributed by atoms with van der Waals surface area (Å²) < 4.78 is 13.3. The zero-order valence-electron chi connectivity index (χ0n) is 8.63. The van der Waals surface area contributed by atoms with Crippen LogP contribution in [-0.2, 0) is 6.42 Å². The highest BCUT2D eigenvalue weighted by Crippen LogP contribution is 2.20. The lowest BCUT2D eigenvalue weighted by molar-refractivity contribution is 0.242. The molecule has 0 bridgehead atoms. The van der Waals surface area contributed by atoms with Gasteiger partial charge in [0.05, 0.1) is 6.61 Å². The molecule has 1 unspecified atom stereocenters. The molecule has 0 aromatic heterocycles. The first-order chi connectivity index (χ1) is 7.19. The lowest BCUT2D eigenvalue weighted by Crippen LogP contribution is -2.29. The molecule has 0 aliphatic rings. The Hall–Kier alpha value is -0.640. The van der Waals surface area contributed by atoms with Crippen molar-refractivity contribution < 1.29 is 9.50 Å². The van der Waals surface area contributed by atoms with Crippen LogP contribution in [0.15, 0.2) is 18.2 Å². The van der Waals surface area contributed by atoms with Gasteiger partial charge in [0.25, 0.3) is 0 Å². The molecule has 1 aromatic rings. The summed E-state index contributed by atoms with van der Waals surface area (Å²) in [6, 6.07) is 4.64. The molecule has 0 saturated heterocycles. The number of hydrogen-bond acceptors (Lipinski definition) is 2. The molecular weight excluding hydrogens is 217 g/mol. The Kier molecular flexibility index (Phi) is 5.02. The van der Waals surface area contributed by atoms with Crippen LogP contribution in [0.25, 0.3) is 0 Å². The number of benzene rings is 1. The van der Waals surface area contributed by atoms with Gasteiger partial charge in [-0.15, -0.1) is 0 Å². The summed E-state index contributed by atoms with van der Waals surface area (Å²) in [5.74, 6) is -0.282. The van der Waals surface area contributed by atoms with Gasteiger partial charge in [0.1, 0.15) is 5.82 Å². The van der Waals surface area contributed by atoms with Crippen molar-refractivity contribution in [3.8, 4) is 0 Å². The quantitative estimate of drug-likeness (QED) is 0.813. The smallest absolute Gasteiger partial charge is 0.127 e. The Morgan fingerprint density at radius 3 is 2.80 bits per heavy atom. The van der Waals surface area contributed by atoms with Crippen LogP contribution >= 0.6 is 11.6 Å². The van der Waals surface area contributed by atoms with Crippen molar-refractivity contribution in [1.82, 2.24) is 5.32 Å². The summed E-state index contributed by atoms with van der Waals surface area (Å²) in [4.78, 5) is 0. The summed E-state index contributed by atoms with van der Waals surface area (Å²) in [6.45, 7) is 0.0442. The van der Waals surface area contributed by atoms with Crippen LogP contribution in [-0.4, -0.2) is 24.8 Å². The van der Waals surface area contributed by atoms with Gasteiger partial charge in [-0.2, -0.15) is 0 Å². The van der Waals surface area contributed by atoms with Crippen molar-refractivity contribution in [3.05, 3.63) is 34.6 Å². The Balaban J connectivity index is 2.64. The molecule has 2 N–H and O–H groups in total. The Morgan fingerprint density at radius 1 is 1.53 bits per heavy atom. The summed E-state index contributed by atoms with van der Waals surface area (Å²) >= 11 is 5.88. The fourth-order valence-electron chi connectivity index (χ4n) is 1.42. The van der Waals surface area contributed by atoms with Crippen molar-refractivity contribution in [1.29, 1.82) is 0 Å². The van der Waals surface area contributed by atoms with E-state index in [1.807, 2.05) is 0 Å². The van der Waals surface area contributed by atoms with E-state index in [2.05, 4.69) is 5.32 Å². The van der Waals surface area contributed by atoms with E-state index >= 15 is 0 Å². The number of likely N-dealkylation sites (N-methyl/N-ethyl adjacent to an activating group) is 1.